The van der Waals surface area contributed by atoms with Gasteiger partial charge < -0.3 is 15.5 Å². The van der Waals surface area contributed by atoms with Crippen molar-refractivity contribution >= 4 is 34.8 Å². The minimum Gasteiger partial charge on any atom is -0.371 e. The van der Waals surface area contributed by atoms with E-state index in [4.69, 9.17) is 11.6 Å². The fourth-order valence-corrected chi connectivity index (χ4v) is 3.99. The lowest BCUT2D eigenvalue weighted by molar-refractivity contribution is -0.116. The quantitative estimate of drug-likeness (QED) is 0.657. The van der Waals surface area contributed by atoms with E-state index in [-0.39, 0.29) is 17.9 Å². The zero-order valence-electron chi connectivity index (χ0n) is 17.2. The van der Waals surface area contributed by atoms with Gasteiger partial charge in [0.2, 0.25) is 5.91 Å². The number of carbonyl (C=O) groups excluding carboxylic acids is 2. The Bertz CT molecular complexity index is 906. The second kappa shape index (κ2) is 9.09. The standard InChI is InChI=1S/C24H28ClN3O2/c1-16-11-13-28(14-12-16)21-10-9-19(15-20(21)23(29)26-18-7-8-18)27-24(30)22(25)17-5-3-2-4-6-17/h2-6,9-10,15-16,18,22H,7-8,11-14H2,1H3,(H,26,29)(H,27,30). The Kier molecular flexibility index (Phi) is 6.28. The maximum absolute atomic E-state index is 12.9. The van der Waals surface area contributed by atoms with Crippen molar-refractivity contribution < 1.29 is 9.59 Å². The Morgan fingerprint density at radius 1 is 1.03 bits per heavy atom. The Balaban J connectivity index is 1.54. The fourth-order valence-electron chi connectivity index (χ4n) is 3.79. The van der Waals surface area contributed by atoms with Gasteiger partial charge in [0.1, 0.15) is 5.38 Å². The van der Waals surface area contributed by atoms with Crippen LogP contribution in [0, 0.1) is 5.92 Å². The summed E-state index contributed by atoms with van der Waals surface area (Å²) in [5, 5.41) is 5.16. The number of hydrogen-bond acceptors (Lipinski definition) is 3. The molecule has 1 aliphatic carbocycles. The van der Waals surface area contributed by atoms with Crippen molar-refractivity contribution in [3.05, 3.63) is 59.7 Å². The van der Waals surface area contributed by atoms with E-state index >= 15 is 0 Å². The van der Waals surface area contributed by atoms with Gasteiger partial charge in [-0.2, -0.15) is 0 Å². The maximum Gasteiger partial charge on any atom is 0.253 e. The van der Waals surface area contributed by atoms with Gasteiger partial charge in [0.15, 0.2) is 0 Å². The highest BCUT2D eigenvalue weighted by Crippen LogP contribution is 2.30. The lowest BCUT2D eigenvalue weighted by Crippen LogP contribution is -2.35. The Hall–Kier alpha value is -2.53. The van der Waals surface area contributed by atoms with E-state index < -0.39 is 5.38 Å². The van der Waals surface area contributed by atoms with Gasteiger partial charge in [-0.15, -0.1) is 11.6 Å². The molecule has 2 N–H and O–H groups in total. The second-order valence-electron chi connectivity index (χ2n) is 8.41. The van der Waals surface area contributed by atoms with Crippen LogP contribution < -0.4 is 15.5 Å². The van der Waals surface area contributed by atoms with Crippen molar-refractivity contribution in [3.63, 3.8) is 0 Å². The van der Waals surface area contributed by atoms with Gasteiger partial charge in [0.05, 0.1) is 5.56 Å². The number of nitrogens with zero attached hydrogens (tertiary/aromatic N) is 1. The molecule has 158 valence electrons. The summed E-state index contributed by atoms with van der Waals surface area (Å²) in [4.78, 5) is 27.9. The molecule has 1 saturated heterocycles. The monoisotopic (exact) mass is 425 g/mol. The van der Waals surface area contributed by atoms with Crippen molar-refractivity contribution in [2.45, 2.75) is 44.0 Å². The summed E-state index contributed by atoms with van der Waals surface area (Å²) >= 11 is 6.35. The number of carbonyl (C=O) groups is 2. The van der Waals surface area contributed by atoms with Crippen LogP contribution in [0.15, 0.2) is 48.5 Å². The lowest BCUT2D eigenvalue weighted by Gasteiger charge is -2.33. The first-order chi connectivity index (χ1) is 14.5. The molecule has 1 unspecified atom stereocenters. The van der Waals surface area contributed by atoms with E-state index in [1.165, 1.54) is 0 Å². The largest absolute Gasteiger partial charge is 0.371 e. The van der Waals surface area contributed by atoms with Crippen LogP contribution in [-0.2, 0) is 4.79 Å². The number of anilines is 2. The molecule has 6 heteroatoms. The van der Waals surface area contributed by atoms with Crippen LogP contribution in [-0.4, -0.2) is 30.9 Å². The minimum absolute atomic E-state index is 0.0762. The third kappa shape index (κ3) is 4.96. The van der Waals surface area contributed by atoms with Crippen molar-refractivity contribution in [1.82, 2.24) is 5.32 Å². The highest BCUT2D eigenvalue weighted by atomic mass is 35.5. The molecule has 2 aromatic rings. The third-order valence-electron chi connectivity index (χ3n) is 5.87. The number of benzene rings is 2. The molecule has 1 heterocycles. The van der Waals surface area contributed by atoms with E-state index in [0.29, 0.717) is 17.2 Å². The lowest BCUT2D eigenvalue weighted by atomic mass is 9.97. The molecule has 2 fully saturated rings. The van der Waals surface area contributed by atoms with Gasteiger partial charge in [0.25, 0.3) is 5.91 Å². The summed E-state index contributed by atoms with van der Waals surface area (Å²) in [6, 6.07) is 15.1. The normalized spacial score (nSPS) is 18.0. The summed E-state index contributed by atoms with van der Waals surface area (Å²) < 4.78 is 0. The van der Waals surface area contributed by atoms with Crippen molar-refractivity contribution in [1.29, 1.82) is 0 Å². The molecule has 0 spiro atoms. The van der Waals surface area contributed by atoms with Crippen molar-refractivity contribution in [2.75, 3.05) is 23.3 Å². The highest BCUT2D eigenvalue weighted by molar-refractivity contribution is 6.32. The summed E-state index contributed by atoms with van der Waals surface area (Å²) in [5.74, 6) is 0.325. The SMILES string of the molecule is CC1CCN(c2ccc(NC(=O)C(Cl)c3ccccc3)cc2C(=O)NC2CC2)CC1. The van der Waals surface area contributed by atoms with Crippen molar-refractivity contribution in [2.24, 2.45) is 5.92 Å². The van der Waals surface area contributed by atoms with Gasteiger partial charge in [0, 0.05) is 30.5 Å². The molecule has 1 saturated carbocycles. The Morgan fingerprint density at radius 3 is 2.40 bits per heavy atom. The average molecular weight is 426 g/mol. The number of piperidine rings is 1. The first-order valence-electron chi connectivity index (χ1n) is 10.7. The van der Waals surface area contributed by atoms with Crippen LogP contribution in [0.1, 0.15) is 53.9 Å². The van der Waals surface area contributed by atoms with Crippen LogP contribution in [0.5, 0.6) is 0 Å². The molecule has 5 nitrogen and oxygen atoms in total. The number of halogens is 1. The van der Waals surface area contributed by atoms with E-state index in [1.807, 2.05) is 42.5 Å². The van der Waals surface area contributed by atoms with Gasteiger partial charge in [-0.05, 0) is 55.4 Å². The molecule has 0 bridgehead atoms. The first-order valence-corrected chi connectivity index (χ1v) is 11.1. The summed E-state index contributed by atoms with van der Waals surface area (Å²) in [6.07, 6.45) is 4.30. The molecule has 2 aromatic carbocycles. The zero-order valence-corrected chi connectivity index (χ0v) is 18.0. The van der Waals surface area contributed by atoms with E-state index in [1.54, 1.807) is 6.07 Å². The second-order valence-corrected chi connectivity index (χ2v) is 8.85. The molecule has 0 radical (unpaired) electrons. The topological polar surface area (TPSA) is 61.4 Å². The van der Waals surface area contributed by atoms with E-state index in [0.717, 1.165) is 50.0 Å². The van der Waals surface area contributed by atoms with E-state index in [2.05, 4.69) is 22.5 Å². The van der Waals surface area contributed by atoms with Gasteiger partial charge in [-0.25, -0.2) is 0 Å². The molecule has 30 heavy (non-hydrogen) atoms. The molecule has 1 aliphatic heterocycles. The summed E-state index contributed by atoms with van der Waals surface area (Å²) in [7, 11) is 0. The number of hydrogen-bond donors (Lipinski definition) is 2. The van der Waals surface area contributed by atoms with Crippen molar-refractivity contribution in [3.8, 4) is 0 Å². The number of nitrogens with one attached hydrogen (secondary N) is 2. The van der Waals surface area contributed by atoms with Gasteiger partial charge in [-0.1, -0.05) is 37.3 Å². The molecule has 1 atom stereocenters. The van der Waals surface area contributed by atoms with Crippen LogP contribution in [0.2, 0.25) is 0 Å². The van der Waals surface area contributed by atoms with Gasteiger partial charge in [-0.3, -0.25) is 9.59 Å². The zero-order chi connectivity index (χ0) is 21.1. The van der Waals surface area contributed by atoms with Crippen LogP contribution in [0.3, 0.4) is 0 Å². The third-order valence-corrected chi connectivity index (χ3v) is 6.32. The molecule has 4 rings (SSSR count). The number of alkyl halides is 1. The number of amides is 2. The number of rotatable bonds is 6. The highest BCUT2D eigenvalue weighted by Gasteiger charge is 2.27. The van der Waals surface area contributed by atoms with Crippen LogP contribution in [0.25, 0.3) is 0 Å². The Morgan fingerprint density at radius 2 is 1.73 bits per heavy atom. The first kappa shape index (κ1) is 20.7. The Labute approximate surface area is 182 Å². The molecule has 0 aromatic heterocycles. The molecule has 2 aliphatic rings. The van der Waals surface area contributed by atoms with E-state index in [9.17, 15) is 9.59 Å². The average Bonchev–Trinajstić information content (AvgIpc) is 3.58. The van der Waals surface area contributed by atoms with Crippen LogP contribution >= 0.6 is 11.6 Å². The summed E-state index contributed by atoms with van der Waals surface area (Å²) in [6.45, 7) is 4.15. The molecular weight excluding hydrogens is 398 g/mol. The summed E-state index contributed by atoms with van der Waals surface area (Å²) in [5.41, 5.74) is 2.86. The predicted octanol–water partition coefficient (Wildman–Crippen LogP) is 4.73. The maximum atomic E-state index is 12.9. The van der Waals surface area contributed by atoms with Crippen LogP contribution in [0.4, 0.5) is 11.4 Å². The van der Waals surface area contributed by atoms with Gasteiger partial charge >= 0.3 is 0 Å². The molecule has 2 amide bonds. The molecular formula is C24H28ClN3O2. The predicted molar refractivity (Wildman–Crippen MR) is 121 cm³/mol. The minimum atomic E-state index is -0.793. The fraction of sp³-hybridized carbons (Fsp3) is 0.417. The smallest absolute Gasteiger partial charge is 0.253 e.